The maximum Gasteiger partial charge on any atom is 0.187 e. The van der Waals surface area contributed by atoms with E-state index in [4.69, 9.17) is 11.6 Å². The van der Waals surface area contributed by atoms with E-state index in [-0.39, 0.29) is 17.5 Å². The van der Waals surface area contributed by atoms with Gasteiger partial charge in [0.15, 0.2) is 15.0 Å². The Labute approximate surface area is 97.8 Å². The van der Waals surface area contributed by atoms with Gasteiger partial charge in [0.05, 0.1) is 11.5 Å². The Morgan fingerprint density at radius 1 is 1.67 bits per heavy atom. The van der Waals surface area contributed by atoms with Crippen LogP contribution in [0.4, 0.5) is 5.13 Å². The van der Waals surface area contributed by atoms with E-state index < -0.39 is 9.84 Å². The molecule has 0 amide bonds. The van der Waals surface area contributed by atoms with E-state index in [9.17, 15) is 8.42 Å². The SMILES string of the molecule is CC1CS(=O)(=O)CCN1c1nc(Cl)cs1. The fourth-order valence-corrected chi connectivity index (χ4v) is 4.29. The summed E-state index contributed by atoms with van der Waals surface area (Å²) in [6.07, 6.45) is 0. The third kappa shape index (κ3) is 2.43. The van der Waals surface area contributed by atoms with Crippen molar-refractivity contribution < 1.29 is 8.42 Å². The summed E-state index contributed by atoms with van der Waals surface area (Å²) in [5.41, 5.74) is 0. The zero-order valence-corrected chi connectivity index (χ0v) is 10.6. The molecule has 84 valence electrons. The molecule has 0 bridgehead atoms. The zero-order valence-electron chi connectivity index (χ0n) is 8.18. The standard InChI is InChI=1S/C8H11ClN2O2S2/c1-6-5-15(12,13)3-2-11(6)8-10-7(9)4-14-8/h4,6H,2-3,5H2,1H3. The molecular weight excluding hydrogens is 256 g/mol. The van der Waals surface area contributed by atoms with E-state index in [1.165, 1.54) is 11.3 Å². The van der Waals surface area contributed by atoms with Crippen molar-refractivity contribution in [1.29, 1.82) is 0 Å². The fraction of sp³-hybridized carbons (Fsp3) is 0.625. The molecule has 1 atom stereocenters. The predicted molar refractivity (Wildman–Crippen MR) is 62.6 cm³/mol. The first-order valence-electron chi connectivity index (χ1n) is 4.56. The lowest BCUT2D eigenvalue weighted by atomic mass is 10.3. The van der Waals surface area contributed by atoms with Crippen LogP contribution in [0, 0.1) is 0 Å². The topological polar surface area (TPSA) is 50.3 Å². The van der Waals surface area contributed by atoms with E-state index in [0.717, 1.165) is 5.13 Å². The van der Waals surface area contributed by atoms with Crippen LogP contribution in [-0.4, -0.2) is 37.5 Å². The van der Waals surface area contributed by atoms with Gasteiger partial charge in [-0.05, 0) is 6.92 Å². The zero-order chi connectivity index (χ0) is 11.1. The molecule has 0 spiro atoms. The van der Waals surface area contributed by atoms with E-state index in [1.54, 1.807) is 5.38 Å². The number of anilines is 1. The quantitative estimate of drug-likeness (QED) is 0.771. The molecule has 0 aromatic carbocycles. The molecule has 1 fully saturated rings. The summed E-state index contributed by atoms with van der Waals surface area (Å²) >= 11 is 7.19. The molecule has 1 aromatic heterocycles. The molecule has 2 heterocycles. The van der Waals surface area contributed by atoms with Gasteiger partial charge in [0.1, 0.15) is 5.15 Å². The van der Waals surface area contributed by atoms with Crippen molar-refractivity contribution in [2.75, 3.05) is 23.0 Å². The highest BCUT2D eigenvalue weighted by molar-refractivity contribution is 7.91. The van der Waals surface area contributed by atoms with Crippen LogP contribution in [0.2, 0.25) is 5.15 Å². The molecule has 0 saturated carbocycles. The molecule has 1 unspecified atom stereocenters. The fourth-order valence-electron chi connectivity index (χ4n) is 1.66. The second kappa shape index (κ2) is 3.92. The van der Waals surface area contributed by atoms with E-state index in [1.807, 2.05) is 11.8 Å². The lowest BCUT2D eigenvalue weighted by molar-refractivity contribution is 0.568. The number of nitrogens with zero attached hydrogens (tertiary/aromatic N) is 2. The first-order valence-corrected chi connectivity index (χ1v) is 7.64. The summed E-state index contributed by atoms with van der Waals surface area (Å²) in [4.78, 5) is 6.15. The number of rotatable bonds is 1. The second-order valence-electron chi connectivity index (χ2n) is 3.61. The number of hydrogen-bond donors (Lipinski definition) is 0. The Morgan fingerprint density at radius 3 is 2.93 bits per heavy atom. The Morgan fingerprint density at radius 2 is 2.40 bits per heavy atom. The van der Waals surface area contributed by atoms with Gasteiger partial charge in [0.2, 0.25) is 0 Å². The number of halogens is 1. The number of sulfone groups is 1. The smallest absolute Gasteiger partial charge is 0.187 e. The molecule has 0 aliphatic carbocycles. The van der Waals surface area contributed by atoms with E-state index >= 15 is 0 Å². The van der Waals surface area contributed by atoms with Crippen LogP contribution < -0.4 is 4.90 Å². The minimum absolute atomic E-state index is 0.0223. The highest BCUT2D eigenvalue weighted by Gasteiger charge is 2.29. The monoisotopic (exact) mass is 266 g/mol. The van der Waals surface area contributed by atoms with Crippen molar-refractivity contribution in [2.45, 2.75) is 13.0 Å². The minimum Gasteiger partial charge on any atom is -0.343 e. The minimum atomic E-state index is -2.86. The van der Waals surface area contributed by atoms with Crippen molar-refractivity contribution >= 4 is 37.9 Å². The second-order valence-corrected chi connectivity index (χ2v) is 7.06. The molecule has 1 aliphatic rings. The predicted octanol–water partition coefficient (Wildman–Crippen LogP) is 1.42. The third-order valence-corrected chi connectivity index (χ3v) is 5.38. The van der Waals surface area contributed by atoms with Crippen molar-refractivity contribution in [2.24, 2.45) is 0 Å². The Hall–Kier alpha value is -0.330. The van der Waals surface area contributed by atoms with Crippen molar-refractivity contribution in [3.8, 4) is 0 Å². The van der Waals surface area contributed by atoms with Crippen molar-refractivity contribution in [3.63, 3.8) is 0 Å². The molecular formula is C8H11ClN2O2S2. The lowest BCUT2D eigenvalue weighted by Gasteiger charge is -2.32. The van der Waals surface area contributed by atoms with Gasteiger partial charge in [-0.15, -0.1) is 11.3 Å². The molecule has 2 rings (SSSR count). The Balaban J connectivity index is 2.19. The highest BCUT2D eigenvalue weighted by Crippen LogP contribution is 2.27. The summed E-state index contributed by atoms with van der Waals surface area (Å²) in [5, 5.41) is 3.03. The van der Waals surface area contributed by atoms with Gasteiger partial charge >= 0.3 is 0 Å². The Kier molecular flexibility index (Phi) is 2.92. The van der Waals surface area contributed by atoms with E-state index in [0.29, 0.717) is 11.7 Å². The molecule has 1 saturated heterocycles. The average molecular weight is 267 g/mol. The van der Waals surface area contributed by atoms with Gasteiger partial charge < -0.3 is 4.90 Å². The molecule has 1 aliphatic heterocycles. The normalized spacial score (nSPS) is 25.5. The molecule has 0 N–H and O–H groups in total. The Bertz CT molecular complexity index is 457. The van der Waals surface area contributed by atoms with Gasteiger partial charge in [-0.2, -0.15) is 0 Å². The van der Waals surface area contributed by atoms with Gasteiger partial charge in [-0.3, -0.25) is 0 Å². The number of thiazole rings is 1. The summed E-state index contributed by atoms with van der Waals surface area (Å²) in [5.74, 6) is 0.402. The van der Waals surface area contributed by atoms with Gasteiger partial charge in [-0.25, -0.2) is 13.4 Å². The highest BCUT2D eigenvalue weighted by atomic mass is 35.5. The van der Waals surface area contributed by atoms with Crippen LogP contribution in [0.5, 0.6) is 0 Å². The first kappa shape index (κ1) is 11.2. The molecule has 0 radical (unpaired) electrons. The molecule has 15 heavy (non-hydrogen) atoms. The summed E-state index contributed by atoms with van der Waals surface area (Å²) in [7, 11) is -2.86. The largest absolute Gasteiger partial charge is 0.343 e. The molecule has 1 aromatic rings. The van der Waals surface area contributed by atoms with Crippen LogP contribution >= 0.6 is 22.9 Å². The summed E-state index contributed by atoms with van der Waals surface area (Å²) in [6, 6.07) is -0.0223. The maximum atomic E-state index is 11.4. The average Bonchev–Trinajstić information content (AvgIpc) is 2.50. The number of aromatic nitrogens is 1. The number of hydrogen-bond acceptors (Lipinski definition) is 5. The van der Waals surface area contributed by atoms with Crippen LogP contribution in [0.15, 0.2) is 5.38 Å². The van der Waals surface area contributed by atoms with Crippen molar-refractivity contribution in [1.82, 2.24) is 4.98 Å². The summed E-state index contributed by atoms with van der Waals surface area (Å²) in [6.45, 7) is 2.40. The van der Waals surface area contributed by atoms with E-state index in [2.05, 4.69) is 4.98 Å². The molecule has 4 nitrogen and oxygen atoms in total. The van der Waals surface area contributed by atoms with Crippen LogP contribution in [0.3, 0.4) is 0 Å². The molecule has 7 heteroatoms. The third-order valence-electron chi connectivity index (χ3n) is 2.38. The van der Waals surface area contributed by atoms with Gasteiger partial charge in [0, 0.05) is 18.0 Å². The first-order chi connectivity index (χ1) is 6.98. The lowest BCUT2D eigenvalue weighted by Crippen LogP contribution is -2.46. The van der Waals surface area contributed by atoms with Crippen LogP contribution in [-0.2, 0) is 9.84 Å². The van der Waals surface area contributed by atoms with Crippen LogP contribution in [0.1, 0.15) is 6.92 Å². The van der Waals surface area contributed by atoms with Crippen LogP contribution in [0.25, 0.3) is 0 Å². The van der Waals surface area contributed by atoms with Crippen molar-refractivity contribution in [3.05, 3.63) is 10.5 Å². The summed E-state index contributed by atoms with van der Waals surface area (Å²) < 4.78 is 22.7. The van der Waals surface area contributed by atoms with Gasteiger partial charge in [-0.1, -0.05) is 11.6 Å². The van der Waals surface area contributed by atoms with Gasteiger partial charge in [0.25, 0.3) is 0 Å². The maximum absolute atomic E-state index is 11.4.